The van der Waals surface area contributed by atoms with Crippen LogP contribution in [0.5, 0.6) is 0 Å². The van der Waals surface area contributed by atoms with Crippen molar-refractivity contribution < 1.29 is 18.0 Å². The molecule has 0 radical (unpaired) electrons. The van der Waals surface area contributed by atoms with Crippen LogP contribution in [0.25, 0.3) is 0 Å². The molecule has 0 bridgehead atoms. The molecule has 1 aliphatic heterocycles. The molecule has 1 saturated heterocycles. The molecule has 28 heavy (non-hydrogen) atoms. The number of halogens is 4. The van der Waals surface area contributed by atoms with E-state index >= 15 is 0 Å². The predicted octanol–water partition coefficient (Wildman–Crippen LogP) is 5.52. The Hall–Kier alpha value is -2.05. The fourth-order valence-electron chi connectivity index (χ4n) is 3.45. The second-order valence-electron chi connectivity index (χ2n) is 7.16. The van der Waals surface area contributed by atoms with Gasteiger partial charge in [-0.15, -0.1) is 0 Å². The van der Waals surface area contributed by atoms with E-state index in [-0.39, 0.29) is 22.5 Å². The lowest BCUT2D eigenvalue weighted by atomic mass is 9.95. The molecule has 0 aromatic heterocycles. The van der Waals surface area contributed by atoms with Gasteiger partial charge in [0.2, 0.25) is 5.91 Å². The third kappa shape index (κ3) is 5.06. The zero-order valence-electron chi connectivity index (χ0n) is 15.5. The third-order valence-corrected chi connectivity index (χ3v) is 5.48. The summed E-state index contributed by atoms with van der Waals surface area (Å²) in [6.07, 6.45) is -3.20. The predicted molar refractivity (Wildman–Crippen MR) is 104 cm³/mol. The van der Waals surface area contributed by atoms with Crippen LogP contribution in [0, 0.1) is 12.8 Å². The highest BCUT2D eigenvalue weighted by molar-refractivity contribution is 6.31. The molecule has 0 atom stereocenters. The van der Waals surface area contributed by atoms with Crippen molar-refractivity contribution in [1.29, 1.82) is 0 Å². The normalized spacial score (nSPS) is 16.2. The second-order valence-corrected chi connectivity index (χ2v) is 7.57. The molecule has 3 rings (SSSR count). The van der Waals surface area contributed by atoms with Crippen LogP contribution >= 0.6 is 11.6 Å². The number of nitrogens with zero attached hydrogens (tertiary/aromatic N) is 1. The summed E-state index contributed by atoms with van der Waals surface area (Å²) < 4.78 is 38.9. The van der Waals surface area contributed by atoms with E-state index in [9.17, 15) is 18.0 Å². The molecule has 2 aromatic rings. The van der Waals surface area contributed by atoms with Crippen LogP contribution < -0.4 is 5.32 Å². The molecule has 7 heteroatoms. The number of aryl methyl sites for hydroxylation is 1. The molecule has 0 spiro atoms. The highest BCUT2D eigenvalue weighted by Crippen LogP contribution is 2.36. The number of rotatable bonds is 4. The van der Waals surface area contributed by atoms with Gasteiger partial charge < -0.3 is 5.32 Å². The summed E-state index contributed by atoms with van der Waals surface area (Å²) in [5.41, 5.74) is 1.68. The maximum Gasteiger partial charge on any atom is 0.417 e. The van der Waals surface area contributed by atoms with Gasteiger partial charge in [0.15, 0.2) is 0 Å². The fraction of sp³-hybridized carbons (Fsp3) is 0.381. The van der Waals surface area contributed by atoms with Gasteiger partial charge in [-0.25, -0.2) is 0 Å². The van der Waals surface area contributed by atoms with E-state index in [1.54, 1.807) is 0 Å². The number of benzene rings is 2. The van der Waals surface area contributed by atoms with E-state index in [2.05, 4.69) is 29.3 Å². The topological polar surface area (TPSA) is 32.3 Å². The fourth-order valence-corrected chi connectivity index (χ4v) is 3.67. The summed E-state index contributed by atoms with van der Waals surface area (Å²) in [4.78, 5) is 14.8. The van der Waals surface area contributed by atoms with Gasteiger partial charge in [0.05, 0.1) is 10.6 Å². The molecule has 1 fully saturated rings. The van der Waals surface area contributed by atoms with Crippen LogP contribution in [0.2, 0.25) is 5.02 Å². The SMILES string of the molecule is Cc1ccccc1CN1CCC(C(=O)Nc2ccc(Cl)c(C(F)(F)F)c2)CC1. The molecule has 2 aromatic carbocycles. The van der Waals surface area contributed by atoms with Gasteiger partial charge in [0.25, 0.3) is 0 Å². The average Bonchev–Trinajstić information content (AvgIpc) is 2.65. The van der Waals surface area contributed by atoms with Crippen LogP contribution in [0.15, 0.2) is 42.5 Å². The number of hydrogen-bond acceptors (Lipinski definition) is 2. The van der Waals surface area contributed by atoms with Crippen molar-refractivity contribution in [1.82, 2.24) is 4.90 Å². The smallest absolute Gasteiger partial charge is 0.326 e. The second kappa shape index (κ2) is 8.53. The van der Waals surface area contributed by atoms with Gasteiger partial charge >= 0.3 is 6.18 Å². The number of piperidine rings is 1. The van der Waals surface area contributed by atoms with Crippen LogP contribution in [0.3, 0.4) is 0 Å². The third-order valence-electron chi connectivity index (χ3n) is 5.15. The number of amides is 1. The molecule has 0 saturated carbocycles. The zero-order valence-corrected chi connectivity index (χ0v) is 16.3. The van der Waals surface area contributed by atoms with E-state index in [1.807, 2.05) is 12.1 Å². The number of nitrogens with one attached hydrogen (secondary N) is 1. The summed E-state index contributed by atoms with van der Waals surface area (Å²) in [5, 5.41) is 2.23. The summed E-state index contributed by atoms with van der Waals surface area (Å²) >= 11 is 5.62. The molecule has 150 valence electrons. The van der Waals surface area contributed by atoms with Crippen molar-refractivity contribution >= 4 is 23.2 Å². The Morgan fingerprint density at radius 1 is 1.18 bits per heavy atom. The van der Waals surface area contributed by atoms with E-state index in [0.717, 1.165) is 31.8 Å². The maximum atomic E-state index is 13.0. The van der Waals surface area contributed by atoms with Gasteiger partial charge in [-0.05, 0) is 62.2 Å². The first kappa shape index (κ1) is 20.7. The highest BCUT2D eigenvalue weighted by Gasteiger charge is 2.33. The molecule has 0 aliphatic carbocycles. The summed E-state index contributed by atoms with van der Waals surface area (Å²) in [6, 6.07) is 11.6. The van der Waals surface area contributed by atoms with E-state index in [1.165, 1.54) is 17.2 Å². The average molecular weight is 411 g/mol. The summed E-state index contributed by atoms with van der Waals surface area (Å²) in [6.45, 7) is 4.48. The molecular formula is C21H22ClF3N2O. The van der Waals surface area contributed by atoms with E-state index in [4.69, 9.17) is 11.6 Å². The lowest BCUT2D eigenvalue weighted by molar-refractivity contribution is -0.137. The van der Waals surface area contributed by atoms with E-state index in [0.29, 0.717) is 12.8 Å². The lowest BCUT2D eigenvalue weighted by Crippen LogP contribution is -2.37. The standard InChI is InChI=1S/C21H22ClF3N2O/c1-14-4-2-3-5-16(14)13-27-10-8-15(9-11-27)20(28)26-17-6-7-19(22)18(12-17)21(23,24)25/h2-7,12,15H,8-11,13H2,1H3,(H,26,28). The Labute approximate surface area is 167 Å². The Morgan fingerprint density at radius 2 is 1.86 bits per heavy atom. The number of likely N-dealkylation sites (tertiary alicyclic amines) is 1. The van der Waals surface area contributed by atoms with Gasteiger partial charge in [-0.3, -0.25) is 9.69 Å². The Bertz CT molecular complexity index is 846. The van der Waals surface area contributed by atoms with Crippen LogP contribution in [0.1, 0.15) is 29.5 Å². The van der Waals surface area contributed by atoms with Crippen molar-refractivity contribution in [3.05, 3.63) is 64.2 Å². The van der Waals surface area contributed by atoms with Gasteiger partial charge in [0, 0.05) is 18.2 Å². The molecular weight excluding hydrogens is 389 g/mol. The minimum Gasteiger partial charge on any atom is -0.326 e. The minimum absolute atomic E-state index is 0.115. The van der Waals surface area contributed by atoms with Gasteiger partial charge in [-0.2, -0.15) is 13.2 Å². The van der Waals surface area contributed by atoms with Crippen LogP contribution in [-0.4, -0.2) is 23.9 Å². The molecule has 1 N–H and O–H groups in total. The Kier molecular flexibility index (Phi) is 6.30. The number of hydrogen-bond donors (Lipinski definition) is 1. The first-order valence-corrected chi connectivity index (χ1v) is 9.56. The Balaban J connectivity index is 1.56. The van der Waals surface area contributed by atoms with Gasteiger partial charge in [-0.1, -0.05) is 35.9 Å². The zero-order chi connectivity index (χ0) is 20.3. The maximum absolute atomic E-state index is 13.0. The lowest BCUT2D eigenvalue weighted by Gasteiger charge is -2.31. The van der Waals surface area contributed by atoms with Crippen molar-refractivity contribution in [2.24, 2.45) is 5.92 Å². The summed E-state index contributed by atoms with van der Waals surface area (Å²) in [7, 11) is 0. The number of anilines is 1. The number of carbonyl (C=O) groups is 1. The molecule has 1 amide bonds. The van der Waals surface area contributed by atoms with Crippen molar-refractivity contribution in [3.8, 4) is 0 Å². The summed E-state index contributed by atoms with van der Waals surface area (Å²) in [5.74, 6) is -0.455. The van der Waals surface area contributed by atoms with Gasteiger partial charge in [0.1, 0.15) is 0 Å². The molecule has 0 unspecified atom stereocenters. The van der Waals surface area contributed by atoms with Crippen LogP contribution in [-0.2, 0) is 17.5 Å². The quantitative estimate of drug-likeness (QED) is 0.720. The first-order chi connectivity index (χ1) is 13.2. The van der Waals surface area contributed by atoms with Crippen molar-refractivity contribution in [2.75, 3.05) is 18.4 Å². The molecule has 1 heterocycles. The molecule has 1 aliphatic rings. The molecule has 3 nitrogen and oxygen atoms in total. The minimum atomic E-state index is -4.56. The first-order valence-electron chi connectivity index (χ1n) is 9.18. The number of alkyl halides is 3. The van der Waals surface area contributed by atoms with E-state index < -0.39 is 11.7 Å². The van der Waals surface area contributed by atoms with Crippen molar-refractivity contribution in [3.63, 3.8) is 0 Å². The monoisotopic (exact) mass is 410 g/mol. The highest BCUT2D eigenvalue weighted by atomic mass is 35.5. The van der Waals surface area contributed by atoms with Crippen molar-refractivity contribution in [2.45, 2.75) is 32.5 Å². The largest absolute Gasteiger partial charge is 0.417 e. The number of carbonyl (C=O) groups excluding carboxylic acids is 1. The van der Waals surface area contributed by atoms with Crippen LogP contribution in [0.4, 0.5) is 18.9 Å². The Morgan fingerprint density at radius 3 is 2.50 bits per heavy atom.